The molecule has 46 heavy (non-hydrogen) atoms. The van der Waals surface area contributed by atoms with Gasteiger partial charge in [-0.3, -0.25) is 0 Å². The molecule has 0 radical (unpaired) electrons. The third-order valence-electron chi connectivity index (χ3n) is 10.2. The fourth-order valence-electron chi connectivity index (χ4n) is 7.74. The average molecular weight is 751 g/mol. The van der Waals surface area contributed by atoms with E-state index in [1.165, 1.54) is 15.9 Å². The molecule has 2 aliphatic heterocycles. The van der Waals surface area contributed by atoms with Crippen molar-refractivity contribution >= 4 is 37.9 Å². The van der Waals surface area contributed by atoms with Crippen LogP contribution in [0.2, 0.25) is 13.9 Å². The maximum absolute atomic E-state index is 12.3. The summed E-state index contributed by atoms with van der Waals surface area (Å²) in [5, 5.41) is 14.7. The van der Waals surface area contributed by atoms with Crippen LogP contribution in [0.3, 0.4) is 0 Å². The molecule has 0 amide bonds. The summed E-state index contributed by atoms with van der Waals surface area (Å²) in [4.78, 5) is 2.48. The molecule has 250 valence electrons. The molecule has 3 aromatic rings. The summed E-state index contributed by atoms with van der Waals surface area (Å²) >= 11 is -3.32. The molecule has 2 saturated heterocycles. The Morgan fingerprint density at radius 2 is 1.35 bits per heavy atom. The van der Waals surface area contributed by atoms with Gasteiger partial charge in [-0.2, -0.15) is 0 Å². The summed E-state index contributed by atoms with van der Waals surface area (Å²) in [6.07, 6.45) is 5.65. The van der Waals surface area contributed by atoms with Crippen molar-refractivity contribution in [3.05, 3.63) is 96.6 Å². The molecule has 0 saturated carbocycles. The van der Waals surface area contributed by atoms with E-state index in [9.17, 15) is 5.11 Å². The molecule has 3 aromatic carbocycles. The number of benzene rings is 3. The average Bonchev–Trinajstić information content (AvgIpc) is 3.44. The number of piperidine rings is 1. The number of likely N-dealkylation sites (tertiary alicyclic amines) is 1. The van der Waals surface area contributed by atoms with Gasteiger partial charge in [-0.25, -0.2) is 0 Å². The second-order valence-electron chi connectivity index (χ2n) is 14.5. The maximum atomic E-state index is 12.3. The number of fused-ring (bicyclic) bond motifs is 1. The molecule has 5 rings (SSSR count). The first kappa shape index (κ1) is 35.8. The number of hydrogen-bond acceptors (Lipinski definition) is 5. The van der Waals surface area contributed by atoms with Crippen LogP contribution in [0, 0.1) is 0 Å². The zero-order valence-corrected chi connectivity index (χ0v) is 32.7. The van der Waals surface area contributed by atoms with Crippen LogP contribution in [-0.2, 0) is 17.0 Å². The Kier molecular flexibility index (Phi) is 12.6. The second-order valence-corrected chi connectivity index (χ2v) is 28.2. The van der Waals surface area contributed by atoms with Gasteiger partial charge >= 0.3 is 286 Å². The molecule has 5 nitrogen and oxygen atoms in total. The summed E-state index contributed by atoms with van der Waals surface area (Å²) in [6.45, 7) is 13.6. The first-order valence-electron chi connectivity index (χ1n) is 17.8. The molecule has 0 bridgehead atoms. The quantitative estimate of drug-likeness (QED) is 0.169. The molecule has 2 aliphatic rings. The number of aryl methyl sites for hydroxylation is 1. The Labute approximate surface area is 284 Å². The van der Waals surface area contributed by atoms with Gasteiger partial charge in [0, 0.05) is 0 Å². The van der Waals surface area contributed by atoms with E-state index in [1.54, 1.807) is 0 Å². The van der Waals surface area contributed by atoms with Gasteiger partial charge in [0.15, 0.2) is 0 Å². The molecule has 0 unspecified atom stereocenters. The van der Waals surface area contributed by atoms with Crippen LogP contribution in [0.1, 0.15) is 72.3 Å². The van der Waals surface area contributed by atoms with E-state index >= 15 is 0 Å². The fraction of sp³-hybridized carbons (Fsp3) is 0.538. The standard InChI is InChI=1S/C31H39NO4Si.2C4H9.Sn/c1-31(2,3)37(25-17-9-5-10-18-25,26-19-11-6-12-20-26)36-23-27-29(34)30(35)28(33)22-32(27)21-13-16-24-14-7-4-8-15-24;2*1-3-4-2;/h4-12,14-15,17-20,27-30,34H,13,16,21-23H2,1-3H3;2*1,3-4H2,2H3;/q-2;;;+2/t27-,28+,29-,30-;;;/m1.../s1. The van der Waals surface area contributed by atoms with Crippen molar-refractivity contribution in [3.63, 3.8) is 0 Å². The van der Waals surface area contributed by atoms with Crippen molar-refractivity contribution < 1.29 is 15.7 Å². The molecular formula is C39H57NO4SiSn. The van der Waals surface area contributed by atoms with E-state index in [1.807, 2.05) is 0 Å². The molecule has 0 spiro atoms. The Morgan fingerprint density at radius 1 is 0.804 bits per heavy atom. The summed E-state index contributed by atoms with van der Waals surface area (Å²) in [5.41, 5.74) is 1.35. The molecule has 0 aromatic heterocycles. The summed E-state index contributed by atoms with van der Waals surface area (Å²) in [6, 6.07) is 32.3. The zero-order valence-electron chi connectivity index (χ0n) is 28.9. The topological polar surface area (TPSA) is 51.2 Å². The molecule has 1 N–H and O–H groups in total. The Morgan fingerprint density at radius 3 is 1.87 bits per heavy atom. The van der Waals surface area contributed by atoms with E-state index in [2.05, 4.69) is 131 Å². The van der Waals surface area contributed by atoms with E-state index < -0.39 is 33.6 Å². The van der Waals surface area contributed by atoms with Crippen LogP contribution >= 0.6 is 0 Å². The third-order valence-corrected chi connectivity index (χ3v) is 25.6. The van der Waals surface area contributed by atoms with E-state index in [-0.39, 0.29) is 23.3 Å². The van der Waals surface area contributed by atoms with Crippen LogP contribution in [0.15, 0.2) is 91.0 Å². The van der Waals surface area contributed by atoms with Crippen LogP contribution in [0.4, 0.5) is 0 Å². The van der Waals surface area contributed by atoms with Crippen molar-refractivity contribution in [2.45, 2.75) is 111 Å². The monoisotopic (exact) mass is 751 g/mol. The summed E-state index contributed by atoms with van der Waals surface area (Å²) in [7, 11) is -2.77. The second kappa shape index (κ2) is 16.3. The van der Waals surface area contributed by atoms with Crippen LogP contribution in [0.25, 0.3) is 0 Å². The zero-order chi connectivity index (χ0) is 32.6. The van der Waals surface area contributed by atoms with Gasteiger partial charge in [0.25, 0.3) is 0 Å². The SMILES string of the molecule is CCC[CH2][Sn]1([CH2]CCC)[O][C@H]2[C@H](O)[C@@H](CO[Si](c3ccccc3)(c3ccccc3)C(C)(C)C)N(CCCc3ccccc3)C[C@@H]2[O]1. The molecule has 2 fully saturated rings. The predicted molar refractivity (Wildman–Crippen MR) is 195 cm³/mol. The molecular weight excluding hydrogens is 693 g/mol. The van der Waals surface area contributed by atoms with Crippen LogP contribution < -0.4 is 10.4 Å². The summed E-state index contributed by atoms with van der Waals surface area (Å²) in [5.74, 6) is 0. The fourth-order valence-corrected chi connectivity index (χ4v) is 24.0. The van der Waals surface area contributed by atoms with Gasteiger partial charge in [0.05, 0.1) is 0 Å². The minimum absolute atomic E-state index is 0.0552. The minimum atomic E-state index is -3.32. The van der Waals surface area contributed by atoms with Gasteiger partial charge in [-0.1, -0.05) is 0 Å². The third kappa shape index (κ3) is 8.02. The van der Waals surface area contributed by atoms with Gasteiger partial charge < -0.3 is 0 Å². The molecule has 0 aliphatic carbocycles. The van der Waals surface area contributed by atoms with Gasteiger partial charge in [0.1, 0.15) is 0 Å². The van der Waals surface area contributed by atoms with E-state index in [0.717, 1.165) is 60.5 Å². The van der Waals surface area contributed by atoms with Gasteiger partial charge in [-0.05, 0) is 0 Å². The normalized spacial score (nSPS) is 23.3. The van der Waals surface area contributed by atoms with Crippen molar-refractivity contribution in [2.75, 3.05) is 19.7 Å². The Balaban J connectivity index is 1.46. The Hall–Kier alpha value is -1.52. The first-order chi connectivity index (χ1) is 22.2. The number of nitrogens with zero attached hydrogens (tertiary/aromatic N) is 1. The van der Waals surface area contributed by atoms with Crippen molar-refractivity contribution in [3.8, 4) is 0 Å². The number of aliphatic hydroxyl groups excluding tert-OH is 1. The van der Waals surface area contributed by atoms with Gasteiger partial charge in [0.2, 0.25) is 0 Å². The van der Waals surface area contributed by atoms with Crippen LogP contribution in [-0.4, -0.2) is 81.6 Å². The van der Waals surface area contributed by atoms with E-state index in [0.29, 0.717) is 6.61 Å². The van der Waals surface area contributed by atoms with E-state index in [4.69, 9.17) is 10.6 Å². The number of aliphatic hydroxyl groups is 1. The van der Waals surface area contributed by atoms with Crippen LogP contribution in [0.5, 0.6) is 0 Å². The van der Waals surface area contributed by atoms with Crippen molar-refractivity contribution in [2.24, 2.45) is 0 Å². The number of hydrogen-bond donors (Lipinski definition) is 1. The molecule has 2 heterocycles. The predicted octanol–water partition coefficient (Wildman–Crippen LogP) is 7.07. The van der Waals surface area contributed by atoms with Crippen molar-refractivity contribution in [1.82, 2.24) is 4.90 Å². The molecule has 7 heteroatoms. The van der Waals surface area contributed by atoms with Gasteiger partial charge in [-0.15, -0.1) is 0 Å². The Bertz CT molecular complexity index is 1270. The number of rotatable bonds is 15. The first-order valence-corrected chi connectivity index (χ1v) is 26.1. The molecule has 4 atom stereocenters. The summed E-state index contributed by atoms with van der Waals surface area (Å²) < 4.78 is 23.8. The number of unbranched alkanes of at least 4 members (excludes halogenated alkanes) is 2. The van der Waals surface area contributed by atoms with Crippen molar-refractivity contribution in [1.29, 1.82) is 0 Å².